The van der Waals surface area contributed by atoms with Crippen LogP contribution < -0.4 is 25.5 Å². The Morgan fingerprint density at radius 1 is 0.538 bits per heavy atom. The monoisotopic (exact) mass is 875 g/mol. The summed E-state index contributed by atoms with van der Waals surface area (Å²) >= 11 is 2.11. The average Bonchev–Trinajstić information content (AvgIpc) is 3.68. The standard InChI is InChI=1S/C61H71BN2S/c1-56(2,3)39-14-18-43(19-15-39)63-49-23-17-40(57(4,5)6)27-48(49)62-53-50(63)28-42(58(7,8)9)29-51(53)64(44-20-22-46-47(31-44)60(12,13)35-59(46,10)11)54-45-21-16-41(30-52(45)65-55(54)62)61-32-36-24-37(33-61)26-38(25-36)34-61/h14-23,27-31,36-38H,24-26,32-35H2,1-13H3. The van der Waals surface area contributed by atoms with E-state index >= 15 is 0 Å². The first-order valence-electron chi connectivity index (χ1n) is 25.2. The van der Waals surface area contributed by atoms with Crippen LogP contribution in [0.3, 0.4) is 0 Å². The highest BCUT2D eigenvalue weighted by molar-refractivity contribution is 7.33. The second-order valence-corrected chi connectivity index (χ2v) is 27.6. The second kappa shape index (κ2) is 13.5. The number of rotatable bonds is 3. The molecular formula is C61H71BN2S. The predicted molar refractivity (Wildman–Crippen MR) is 282 cm³/mol. The van der Waals surface area contributed by atoms with Gasteiger partial charge in [-0.1, -0.05) is 132 Å². The molecule has 5 aromatic carbocycles. The number of nitrogens with zero attached hydrogens (tertiary/aromatic N) is 2. The minimum Gasteiger partial charge on any atom is -0.311 e. The van der Waals surface area contributed by atoms with Crippen molar-refractivity contribution < 1.29 is 0 Å². The summed E-state index contributed by atoms with van der Waals surface area (Å²) < 4.78 is 2.96. The summed E-state index contributed by atoms with van der Waals surface area (Å²) in [5, 5.41) is 1.42. The van der Waals surface area contributed by atoms with Crippen molar-refractivity contribution >= 4 is 78.0 Å². The van der Waals surface area contributed by atoms with E-state index in [-0.39, 0.29) is 33.8 Å². The van der Waals surface area contributed by atoms with E-state index in [0.717, 1.165) is 24.2 Å². The Hall–Kier alpha value is -4.28. The summed E-state index contributed by atoms with van der Waals surface area (Å²) in [5.41, 5.74) is 20.1. The van der Waals surface area contributed by atoms with Crippen LogP contribution in [0.2, 0.25) is 0 Å². The fourth-order valence-corrected chi connectivity index (χ4v) is 16.3. The van der Waals surface area contributed by atoms with E-state index in [1.165, 1.54) is 126 Å². The van der Waals surface area contributed by atoms with Gasteiger partial charge in [-0.2, -0.15) is 0 Å². The van der Waals surface area contributed by atoms with Crippen molar-refractivity contribution in [2.24, 2.45) is 17.8 Å². The van der Waals surface area contributed by atoms with E-state index in [1.54, 1.807) is 5.56 Å². The molecule has 1 aromatic heterocycles. The first kappa shape index (κ1) is 42.1. The molecule has 13 rings (SSSR count). The minimum absolute atomic E-state index is 0.00880. The minimum atomic E-state index is -0.0709. The van der Waals surface area contributed by atoms with Gasteiger partial charge in [0, 0.05) is 43.3 Å². The lowest BCUT2D eigenvalue weighted by Gasteiger charge is -2.57. The Labute approximate surface area is 395 Å². The van der Waals surface area contributed by atoms with E-state index in [2.05, 4.69) is 202 Å². The van der Waals surface area contributed by atoms with E-state index in [1.807, 2.05) is 0 Å². The third-order valence-electron chi connectivity index (χ3n) is 17.6. The lowest BCUT2D eigenvalue weighted by Crippen LogP contribution is -2.60. The number of fused-ring (bicyclic) bond motifs is 7. The van der Waals surface area contributed by atoms with Crippen LogP contribution in [0, 0.1) is 17.8 Å². The highest BCUT2D eigenvalue weighted by Gasteiger charge is 2.52. The maximum atomic E-state index is 2.75. The second-order valence-electron chi connectivity index (χ2n) is 26.5. The van der Waals surface area contributed by atoms with Crippen LogP contribution in [0.1, 0.15) is 168 Å². The maximum absolute atomic E-state index is 2.75. The highest BCUT2D eigenvalue weighted by Crippen LogP contribution is 2.62. The van der Waals surface area contributed by atoms with Crippen LogP contribution in [-0.4, -0.2) is 6.71 Å². The molecule has 0 atom stereocenters. The van der Waals surface area contributed by atoms with Gasteiger partial charge >= 0.3 is 0 Å². The quantitative estimate of drug-likeness (QED) is 0.163. The molecule has 334 valence electrons. The average molecular weight is 875 g/mol. The van der Waals surface area contributed by atoms with Crippen molar-refractivity contribution in [3.05, 3.63) is 124 Å². The maximum Gasteiger partial charge on any atom is 0.264 e. The summed E-state index contributed by atoms with van der Waals surface area (Å²) in [6.45, 7) is 31.3. The van der Waals surface area contributed by atoms with Crippen molar-refractivity contribution in [1.29, 1.82) is 0 Å². The molecular weight excluding hydrogens is 804 g/mol. The number of benzene rings is 5. The Morgan fingerprint density at radius 2 is 1.11 bits per heavy atom. The van der Waals surface area contributed by atoms with E-state index in [9.17, 15) is 0 Å². The molecule has 4 bridgehead atoms. The smallest absolute Gasteiger partial charge is 0.264 e. The van der Waals surface area contributed by atoms with Crippen LogP contribution in [0.25, 0.3) is 10.1 Å². The number of anilines is 6. The van der Waals surface area contributed by atoms with Crippen LogP contribution >= 0.6 is 11.3 Å². The number of hydrogen-bond donors (Lipinski definition) is 0. The molecule has 5 aliphatic carbocycles. The molecule has 2 aliphatic heterocycles. The lowest BCUT2D eigenvalue weighted by atomic mass is 9.36. The molecule has 4 heteroatoms. The SMILES string of the molecule is CC(C)(C)c1ccc(N2c3ccc(C(C)(C)C)cc3B3c4sc5cc(C67CC8CC(CC(C8)C6)C7)ccc5c4N(c4ccc5c(c4)C(C)(C)CC5(C)C)c4cc(C(C)(C)C)cc2c43)cc1. The number of hydrogen-bond acceptors (Lipinski definition) is 3. The molecule has 0 saturated heterocycles. The normalized spacial score (nSPS) is 24.6. The Kier molecular flexibility index (Phi) is 8.72. The highest BCUT2D eigenvalue weighted by atomic mass is 32.1. The molecule has 7 aliphatic rings. The van der Waals surface area contributed by atoms with Gasteiger partial charge in [0.05, 0.1) is 5.69 Å². The zero-order valence-corrected chi connectivity index (χ0v) is 42.5. The molecule has 6 aromatic rings. The largest absolute Gasteiger partial charge is 0.311 e. The summed E-state index contributed by atoms with van der Waals surface area (Å²) in [6.07, 6.45) is 9.77. The first-order valence-corrected chi connectivity index (χ1v) is 26.1. The molecule has 0 N–H and O–H groups in total. The van der Waals surface area contributed by atoms with Crippen LogP contribution in [-0.2, 0) is 32.5 Å². The Morgan fingerprint density at radius 3 is 1.72 bits per heavy atom. The Balaban J connectivity index is 1.16. The van der Waals surface area contributed by atoms with Gasteiger partial charge in [0.25, 0.3) is 6.71 Å². The van der Waals surface area contributed by atoms with Crippen molar-refractivity contribution in [3.8, 4) is 0 Å². The third kappa shape index (κ3) is 6.30. The van der Waals surface area contributed by atoms with Crippen LogP contribution in [0.4, 0.5) is 34.1 Å². The fraction of sp³-hybridized carbons (Fsp3) is 0.475. The van der Waals surface area contributed by atoms with Crippen LogP contribution in [0.15, 0.2) is 91.0 Å². The molecule has 2 nitrogen and oxygen atoms in total. The zero-order valence-electron chi connectivity index (χ0n) is 41.7. The van der Waals surface area contributed by atoms with Gasteiger partial charge in [0.1, 0.15) is 0 Å². The van der Waals surface area contributed by atoms with Gasteiger partial charge in [-0.05, 0) is 188 Å². The predicted octanol–water partition coefficient (Wildman–Crippen LogP) is 15.3. The third-order valence-corrected chi connectivity index (χ3v) is 18.8. The molecule has 0 radical (unpaired) electrons. The first-order chi connectivity index (χ1) is 30.5. The summed E-state index contributed by atoms with van der Waals surface area (Å²) in [6, 6.07) is 37.7. The molecule has 3 heterocycles. The molecule has 4 saturated carbocycles. The molecule has 0 spiro atoms. The molecule has 65 heavy (non-hydrogen) atoms. The van der Waals surface area contributed by atoms with E-state index in [0.29, 0.717) is 5.41 Å². The topological polar surface area (TPSA) is 6.48 Å². The molecule has 0 unspecified atom stereocenters. The summed E-state index contributed by atoms with van der Waals surface area (Å²) in [7, 11) is 0. The van der Waals surface area contributed by atoms with E-state index < -0.39 is 0 Å². The molecule has 0 amide bonds. The van der Waals surface area contributed by atoms with Gasteiger partial charge < -0.3 is 9.80 Å². The molecule has 4 fully saturated rings. The van der Waals surface area contributed by atoms with Gasteiger partial charge in [-0.15, -0.1) is 11.3 Å². The van der Waals surface area contributed by atoms with Gasteiger partial charge in [-0.3, -0.25) is 0 Å². The summed E-state index contributed by atoms with van der Waals surface area (Å²) in [5.74, 6) is 2.77. The van der Waals surface area contributed by atoms with Gasteiger partial charge in [0.15, 0.2) is 0 Å². The van der Waals surface area contributed by atoms with Crippen LogP contribution in [0.5, 0.6) is 0 Å². The zero-order chi connectivity index (χ0) is 45.5. The van der Waals surface area contributed by atoms with Gasteiger partial charge in [-0.25, -0.2) is 0 Å². The fourth-order valence-electron chi connectivity index (χ4n) is 15.0. The number of thiophene rings is 1. The summed E-state index contributed by atoms with van der Waals surface area (Å²) in [4.78, 5) is 5.39. The van der Waals surface area contributed by atoms with E-state index in [4.69, 9.17) is 0 Å². The Bertz CT molecular complexity index is 2920. The van der Waals surface area contributed by atoms with Crippen molar-refractivity contribution in [1.82, 2.24) is 0 Å². The van der Waals surface area contributed by atoms with Crippen molar-refractivity contribution in [2.45, 2.75) is 167 Å². The van der Waals surface area contributed by atoms with Crippen molar-refractivity contribution in [3.63, 3.8) is 0 Å². The van der Waals surface area contributed by atoms with Gasteiger partial charge in [0.2, 0.25) is 0 Å². The lowest BCUT2D eigenvalue weighted by molar-refractivity contribution is -0.00512. The van der Waals surface area contributed by atoms with Crippen molar-refractivity contribution in [2.75, 3.05) is 9.80 Å².